The normalized spacial score (nSPS) is 12.0. The zero-order valence-corrected chi connectivity index (χ0v) is 25.2. The summed E-state index contributed by atoms with van der Waals surface area (Å²) < 4.78 is 6.75. The van der Waals surface area contributed by atoms with Gasteiger partial charge in [0.2, 0.25) is 0 Å². The lowest BCUT2D eigenvalue weighted by Gasteiger charge is -2.16. The summed E-state index contributed by atoms with van der Waals surface area (Å²) in [6.07, 6.45) is 8.01. The molecule has 0 fully saturated rings. The molecule has 0 saturated heterocycles. The summed E-state index contributed by atoms with van der Waals surface area (Å²) in [7, 11) is 1.96. The zero-order chi connectivity index (χ0) is 29.9. The predicted molar refractivity (Wildman–Crippen MR) is 187 cm³/mol. The Morgan fingerprint density at radius 2 is 1.37 bits per heavy atom. The summed E-state index contributed by atoms with van der Waals surface area (Å²) in [6, 6.07) is 34.9. The van der Waals surface area contributed by atoms with Gasteiger partial charge in [-0.1, -0.05) is 98.8 Å². The van der Waals surface area contributed by atoms with Gasteiger partial charge in [-0.25, -0.2) is 0 Å². The van der Waals surface area contributed by atoms with Crippen LogP contribution in [0.15, 0.2) is 120 Å². The molecule has 0 aliphatic heterocycles. The van der Waals surface area contributed by atoms with Gasteiger partial charge < -0.3 is 15.1 Å². The van der Waals surface area contributed by atoms with E-state index in [0.717, 1.165) is 56.1 Å². The van der Waals surface area contributed by atoms with Crippen molar-refractivity contribution in [3.05, 3.63) is 126 Å². The second-order valence-electron chi connectivity index (χ2n) is 10.4. The first kappa shape index (κ1) is 28.0. The number of fused-ring (bicyclic) bond motifs is 10. The Morgan fingerprint density at radius 3 is 2.05 bits per heavy atom. The van der Waals surface area contributed by atoms with E-state index >= 15 is 0 Å². The molecule has 7 rings (SSSR count). The molecule has 7 aromatic rings. The van der Waals surface area contributed by atoms with Gasteiger partial charge in [0.15, 0.2) is 0 Å². The van der Waals surface area contributed by atoms with Gasteiger partial charge in [0.05, 0.1) is 0 Å². The monoisotopic (exact) mass is 560 g/mol. The van der Waals surface area contributed by atoms with Crippen molar-refractivity contribution in [1.29, 1.82) is 5.41 Å². The number of para-hydroxylation sites is 1. The molecule has 1 heterocycles. The van der Waals surface area contributed by atoms with Crippen LogP contribution in [0, 0.1) is 5.41 Å². The van der Waals surface area contributed by atoms with E-state index in [1.165, 1.54) is 38.7 Å². The standard InChI is InChI=1S/C38H30N2O.C2H6/c1-3-34(40-2)26-21-24(12-10-11-19-39)20-25(22-26)32-23-33-29-15-5-4-13-27(29)28-14-6-7-16-30(28)36(33)38-37(32)31-17-8-9-18-35(31)41-38;1-2/h3-11,13-23,39-40H,12H2,1-2H3;1-2H3/b11-10-,34-3-,39-19?;. The van der Waals surface area contributed by atoms with Gasteiger partial charge in [0.1, 0.15) is 11.2 Å². The van der Waals surface area contributed by atoms with Crippen molar-refractivity contribution in [3.8, 4) is 11.1 Å². The van der Waals surface area contributed by atoms with Crippen molar-refractivity contribution < 1.29 is 4.42 Å². The Hall–Kier alpha value is -5.15. The highest BCUT2D eigenvalue weighted by molar-refractivity contribution is 6.34. The van der Waals surface area contributed by atoms with E-state index in [4.69, 9.17) is 9.83 Å². The van der Waals surface area contributed by atoms with Crippen LogP contribution in [-0.4, -0.2) is 13.3 Å². The lowest BCUT2D eigenvalue weighted by Crippen LogP contribution is -2.05. The number of nitrogens with one attached hydrogen (secondary N) is 2. The lowest BCUT2D eigenvalue weighted by atomic mass is 9.88. The van der Waals surface area contributed by atoms with Crippen LogP contribution in [0.5, 0.6) is 0 Å². The Balaban J connectivity index is 0.00000161. The quantitative estimate of drug-likeness (QED) is 0.157. The van der Waals surface area contributed by atoms with Crippen molar-refractivity contribution in [2.75, 3.05) is 7.05 Å². The third-order valence-electron chi connectivity index (χ3n) is 8.11. The lowest BCUT2D eigenvalue weighted by molar-refractivity contribution is 0.673. The van der Waals surface area contributed by atoms with Crippen LogP contribution < -0.4 is 5.32 Å². The Morgan fingerprint density at radius 1 is 0.744 bits per heavy atom. The average Bonchev–Trinajstić information content (AvgIpc) is 3.46. The number of benzene rings is 6. The minimum absolute atomic E-state index is 0.743. The van der Waals surface area contributed by atoms with Gasteiger partial charge >= 0.3 is 0 Å². The van der Waals surface area contributed by atoms with Crippen LogP contribution in [0.25, 0.3) is 71.1 Å². The molecule has 0 spiro atoms. The Kier molecular flexibility index (Phi) is 7.81. The van der Waals surface area contributed by atoms with Gasteiger partial charge in [-0.2, -0.15) is 0 Å². The fourth-order valence-corrected chi connectivity index (χ4v) is 6.34. The maximum absolute atomic E-state index is 7.42. The molecule has 0 aliphatic carbocycles. The van der Waals surface area contributed by atoms with Gasteiger partial charge in [0.25, 0.3) is 0 Å². The largest absolute Gasteiger partial charge is 0.455 e. The third kappa shape index (κ3) is 4.77. The van der Waals surface area contributed by atoms with E-state index in [-0.39, 0.29) is 0 Å². The molecule has 0 aliphatic rings. The van der Waals surface area contributed by atoms with E-state index in [0.29, 0.717) is 0 Å². The van der Waals surface area contributed by atoms with Gasteiger partial charge in [-0.15, -0.1) is 0 Å². The fraction of sp³-hybridized carbons (Fsp3) is 0.125. The molecule has 0 saturated carbocycles. The van der Waals surface area contributed by atoms with Crippen molar-refractivity contribution >= 4 is 66.2 Å². The predicted octanol–water partition coefficient (Wildman–Crippen LogP) is 11.1. The second-order valence-corrected chi connectivity index (χ2v) is 10.4. The first-order valence-electron chi connectivity index (χ1n) is 15.0. The maximum Gasteiger partial charge on any atom is 0.144 e. The molecular weight excluding hydrogens is 524 g/mol. The Bertz CT molecular complexity index is 2200. The summed E-state index contributed by atoms with van der Waals surface area (Å²) in [5.41, 5.74) is 7.52. The molecule has 0 atom stereocenters. The van der Waals surface area contributed by atoms with E-state index in [1.54, 1.807) is 6.08 Å². The highest BCUT2D eigenvalue weighted by atomic mass is 16.3. The van der Waals surface area contributed by atoms with E-state index < -0.39 is 0 Å². The molecule has 3 heteroatoms. The van der Waals surface area contributed by atoms with Crippen LogP contribution >= 0.6 is 0 Å². The summed E-state index contributed by atoms with van der Waals surface area (Å²) in [5.74, 6) is 0. The van der Waals surface area contributed by atoms with Crippen LogP contribution in [0.1, 0.15) is 31.9 Å². The number of hydrogen-bond acceptors (Lipinski definition) is 3. The van der Waals surface area contributed by atoms with Crippen LogP contribution in [0.2, 0.25) is 0 Å². The molecule has 0 radical (unpaired) electrons. The van der Waals surface area contributed by atoms with Gasteiger partial charge in [0, 0.05) is 35.1 Å². The first-order valence-corrected chi connectivity index (χ1v) is 15.0. The minimum Gasteiger partial charge on any atom is -0.455 e. The second kappa shape index (κ2) is 12.0. The summed E-state index contributed by atoms with van der Waals surface area (Å²) in [5, 5.41) is 20.3. The number of hydrogen-bond donors (Lipinski definition) is 2. The highest BCUT2D eigenvalue weighted by Gasteiger charge is 2.20. The van der Waals surface area contributed by atoms with Gasteiger partial charge in [-0.3, -0.25) is 0 Å². The topological polar surface area (TPSA) is 49.0 Å². The SMILES string of the molecule is C/C=C(\NC)c1cc(C/C=C\C=N)cc(-c2cc3c4ccccc4c4ccccc4c3c3oc4ccccc4c23)c1.CC. The molecule has 0 unspecified atom stereocenters. The molecule has 1 aromatic heterocycles. The summed E-state index contributed by atoms with van der Waals surface area (Å²) >= 11 is 0. The van der Waals surface area contributed by atoms with E-state index in [1.807, 2.05) is 33.0 Å². The summed E-state index contributed by atoms with van der Waals surface area (Å²) in [6.45, 7) is 6.06. The van der Waals surface area contributed by atoms with E-state index in [2.05, 4.69) is 109 Å². The third-order valence-corrected chi connectivity index (χ3v) is 8.11. The molecule has 3 nitrogen and oxygen atoms in total. The van der Waals surface area contributed by atoms with Crippen molar-refractivity contribution in [2.45, 2.75) is 27.2 Å². The molecule has 0 bridgehead atoms. The molecular formula is C40H36N2O. The molecule has 0 amide bonds. The van der Waals surface area contributed by atoms with Crippen molar-refractivity contribution in [1.82, 2.24) is 5.32 Å². The fourth-order valence-electron chi connectivity index (χ4n) is 6.34. The number of furan rings is 1. The molecule has 212 valence electrons. The molecule has 2 N–H and O–H groups in total. The first-order chi connectivity index (χ1) is 21.2. The minimum atomic E-state index is 0.743. The molecule has 6 aromatic carbocycles. The molecule has 43 heavy (non-hydrogen) atoms. The Labute approximate surface area is 252 Å². The number of rotatable bonds is 6. The van der Waals surface area contributed by atoms with Crippen LogP contribution in [0.4, 0.5) is 0 Å². The zero-order valence-electron chi connectivity index (χ0n) is 25.2. The number of allylic oxidation sites excluding steroid dienone is 3. The van der Waals surface area contributed by atoms with E-state index in [9.17, 15) is 0 Å². The smallest absolute Gasteiger partial charge is 0.144 e. The highest BCUT2D eigenvalue weighted by Crippen LogP contribution is 2.46. The van der Waals surface area contributed by atoms with Crippen molar-refractivity contribution in [2.24, 2.45) is 0 Å². The maximum atomic E-state index is 7.42. The van der Waals surface area contributed by atoms with Gasteiger partial charge in [-0.05, 0) is 92.9 Å². The van der Waals surface area contributed by atoms with Crippen molar-refractivity contribution in [3.63, 3.8) is 0 Å². The summed E-state index contributed by atoms with van der Waals surface area (Å²) in [4.78, 5) is 0. The van der Waals surface area contributed by atoms with Crippen LogP contribution in [0.3, 0.4) is 0 Å². The van der Waals surface area contributed by atoms with Crippen LogP contribution in [-0.2, 0) is 6.42 Å². The average molecular weight is 561 g/mol.